The van der Waals surface area contributed by atoms with Gasteiger partial charge in [-0.3, -0.25) is 4.79 Å². The summed E-state index contributed by atoms with van der Waals surface area (Å²) in [6, 6.07) is -1.29. The molecule has 2 heterocycles. The van der Waals surface area contributed by atoms with Crippen LogP contribution < -0.4 is 4.72 Å². The molecule has 5 aliphatic rings. The van der Waals surface area contributed by atoms with Crippen molar-refractivity contribution in [2.45, 2.75) is 81.4 Å². The first-order valence-electron chi connectivity index (χ1n) is 12.4. The predicted octanol–water partition coefficient (Wildman–Crippen LogP) is 1.07. The molecule has 0 aromatic carbocycles. The highest BCUT2D eigenvalue weighted by Gasteiger charge is 2.54. The highest BCUT2D eigenvalue weighted by atomic mass is 32.2. The third-order valence-corrected chi connectivity index (χ3v) is 12.5. The van der Waals surface area contributed by atoms with Crippen molar-refractivity contribution in [3.05, 3.63) is 11.6 Å². The number of amides is 1. The van der Waals surface area contributed by atoms with Crippen LogP contribution in [0.4, 0.5) is 4.39 Å². The first kappa shape index (κ1) is 24.6. The number of hydrogen-bond donors (Lipinski definition) is 2. The van der Waals surface area contributed by atoms with E-state index in [1.807, 2.05) is 10.8 Å². The standard InChI is InChI=1S/C22H34FN3O6S2/c23-21-18-10-14(16-8-9-25(12-16)33(29,30)17-4-2-1-3-5-17)6-7-15(18)11-19(27)22(21)26-13-20(28)24-34(26,31)32/h8,14-15,17-19,21-22,27H,1-7,9-13H2,(H,24,28). The average Bonchev–Trinajstić information content (AvgIpc) is 3.39. The number of aliphatic hydroxyl groups excluding tert-OH is 1. The van der Waals surface area contributed by atoms with E-state index >= 15 is 4.39 Å². The highest BCUT2D eigenvalue weighted by molar-refractivity contribution is 7.89. The summed E-state index contributed by atoms with van der Waals surface area (Å²) in [5, 5.41) is 10.3. The smallest absolute Gasteiger partial charge is 0.304 e. The summed E-state index contributed by atoms with van der Waals surface area (Å²) in [6.45, 7) is 0.228. The van der Waals surface area contributed by atoms with E-state index in [1.165, 1.54) is 0 Å². The summed E-state index contributed by atoms with van der Waals surface area (Å²) in [6.07, 6.45) is 5.91. The molecule has 0 spiro atoms. The van der Waals surface area contributed by atoms with Gasteiger partial charge in [0.1, 0.15) is 6.17 Å². The van der Waals surface area contributed by atoms with Gasteiger partial charge in [0.05, 0.1) is 23.9 Å². The normalized spacial score (nSPS) is 40.1. The third kappa shape index (κ3) is 4.33. The van der Waals surface area contributed by atoms with Crippen LogP contribution in [0.3, 0.4) is 0 Å². The van der Waals surface area contributed by atoms with Crippen molar-refractivity contribution in [3.8, 4) is 0 Å². The Kier molecular flexibility index (Phi) is 6.58. The van der Waals surface area contributed by atoms with E-state index in [0.717, 1.165) is 35.6 Å². The van der Waals surface area contributed by atoms with Gasteiger partial charge >= 0.3 is 10.2 Å². The number of nitrogens with zero attached hydrogens (tertiary/aromatic N) is 2. The monoisotopic (exact) mass is 519 g/mol. The fourth-order valence-electron chi connectivity index (χ4n) is 6.90. The Morgan fingerprint density at radius 1 is 1.06 bits per heavy atom. The summed E-state index contributed by atoms with van der Waals surface area (Å²) in [5.41, 5.74) is 1.03. The maximum atomic E-state index is 15.8. The Morgan fingerprint density at radius 3 is 2.47 bits per heavy atom. The molecule has 192 valence electrons. The van der Waals surface area contributed by atoms with Gasteiger partial charge in [-0.15, -0.1) is 0 Å². The lowest BCUT2D eigenvalue weighted by Gasteiger charge is -2.48. The van der Waals surface area contributed by atoms with Crippen molar-refractivity contribution in [3.63, 3.8) is 0 Å². The number of halogens is 1. The maximum absolute atomic E-state index is 15.8. The van der Waals surface area contributed by atoms with Crippen molar-refractivity contribution >= 4 is 26.1 Å². The van der Waals surface area contributed by atoms with Crippen LogP contribution in [0.5, 0.6) is 0 Å². The molecule has 1 amide bonds. The van der Waals surface area contributed by atoms with Crippen LogP contribution in [0.2, 0.25) is 0 Å². The second-order valence-corrected chi connectivity index (χ2v) is 14.5. The van der Waals surface area contributed by atoms with Crippen LogP contribution in [0, 0.1) is 17.8 Å². The Morgan fingerprint density at radius 2 is 1.79 bits per heavy atom. The Bertz CT molecular complexity index is 1060. The Labute approximate surface area is 201 Å². The molecule has 4 fully saturated rings. The first-order valence-corrected chi connectivity index (χ1v) is 15.3. The summed E-state index contributed by atoms with van der Waals surface area (Å²) in [5.74, 6) is -1.19. The summed E-state index contributed by atoms with van der Waals surface area (Å²) >= 11 is 0. The van der Waals surface area contributed by atoms with Crippen LogP contribution >= 0.6 is 0 Å². The van der Waals surface area contributed by atoms with Crippen molar-refractivity contribution in [2.75, 3.05) is 19.6 Å². The summed E-state index contributed by atoms with van der Waals surface area (Å²) < 4.78 is 70.8. The quantitative estimate of drug-likeness (QED) is 0.536. The molecule has 3 saturated carbocycles. The third-order valence-electron chi connectivity index (χ3n) is 8.68. The number of aliphatic hydroxyl groups is 1. The fraction of sp³-hybridized carbons (Fsp3) is 0.864. The number of hydrogen-bond acceptors (Lipinski definition) is 6. The van der Waals surface area contributed by atoms with Crippen LogP contribution in [0.25, 0.3) is 0 Å². The summed E-state index contributed by atoms with van der Waals surface area (Å²) in [4.78, 5) is 11.7. The van der Waals surface area contributed by atoms with Gasteiger partial charge in [-0.1, -0.05) is 30.9 Å². The lowest BCUT2D eigenvalue weighted by molar-refractivity contribution is -0.119. The number of nitrogens with one attached hydrogen (secondary N) is 1. The molecular formula is C22H34FN3O6S2. The van der Waals surface area contributed by atoms with Gasteiger partial charge in [0, 0.05) is 13.1 Å². The zero-order valence-electron chi connectivity index (χ0n) is 19.2. The van der Waals surface area contributed by atoms with Crippen LogP contribution in [0.1, 0.15) is 57.8 Å². The van der Waals surface area contributed by atoms with E-state index in [2.05, 4.69) is 0 Å². The molecule has 5 rings (SSSR count). The number of rotatable bonds is 4. The number of sulfonamides is 1. The van der Waals surface area contributed by atoms with Crippen molar-refractivity contribution in [1.29, 1.82) is 0 Å². The van der Waals surface area contributed by atoms with Gasteiger partial charge in [0.25, 0.3) is 0 Å². The molecule has 2 aliphatic heterocycles. The van der Waals surface area contributed by atoms with Gasteiger partial charge in [-0.05, 0) is 56.3 Å². The molecule has 6 unspecified atom stereocenters. The maximum Gasteiger partial charge on any atom is 0.304 e. The van der Waals surface area contributed by atoms with Gasteiger partial charge in [0.15, 0.2) is 0 Å². The molecule has 12 heteroatoms. The molecule has 34 heavy (non-hydrogen) atoms. The van der Waals surface area contributed by atoms with E-state index in [-0.39, 0.29) is 17.1 Å². The van der Waals surface area contributed by atoms with E-state index in [9.17, 15) is 26.7 Å². The molecule has 0 bridgehead atoms. The Hall–Kier alpha value is -1.08. The predicted molar refractivity (Wildman–Crippen MR) is 123 cm³/mol. The second-order valence-electron chi connectivity index (χ2n) is 10.6. The number of carbonyl (C=O) groups excluding carboxylic acids is 1. The minimum atomic E-state index is -4.15. The molecule has 1 saturated heterocycles. The van der Waals surface area contributed by atoms with Gasteiger partial charge in [0.2, 0.25) is 15.9 Å². The van der Waals surface area contributed by atoms with Crippen LogP contribution in [-0.2, 0) is 25.0 Å². The number of alkyl halides is 1. The molecule has 9 nitrogen and oxygen atoms in total. The molecule has 2 N–H and O–H groups in total. The largest absolute Gasteiger partial charge is 0.391 e. The van der Waals surface area contributed by atoms with E-state index in [4.69, 9.17) is 0 Å². The lowest BCUT2D eigenvalue weighted by Crippen LogP contribution is -2.58. The molecule has 0 aromatic heterocycles. The van der Waals surface area contributed by atoms with Gasteiger partial charge in [-0.2, -0.15) is 17.0 Å². The van der Waals surface area contributed by atoms with Crippen molar-refractivity contribution < 1.29 is 31.1 Å². The van der Waals surface area contributed by atoms with Crippen LogP contribution in [0.15, 0.2) is 11.6 Å². The second kappa shape index (κ2) is 9.10. The SMILES string of the molecule is O=C1CN(C2C(O)CC3CCC(C4=CCN(S(=O)(=O)C5CCCCC5)C4)CC3C2F)S(=O)(=O)N1. The average molecular weight is 520 g/mol. The van der Waals surface area contributed by atoms with Gasteiger partial charge in [-0.25, -0.2) is 17.5 Å². The lowest BCUT2D eigenvalue weighted by atomic mass is 9.63. The zero-order valence-corrected chi connectivity index (χ0v) is 20.8. The summed E-state index contributed by atoms with van der Waals surface area (Å²) in [7, 11) is -7.51. The Balaban J connectivity index is 1.27. The molecule has 0 aromatic rings. The topological polar surface area (TPSA) is 124 Å². The number of carbonyl (C=O) groups is 1. The molecule has 0 radical (unpaired) electrons. The number of fused-ring (bicyclic) bond motifs is 1. The first-order chi connectivity index (χ1) is 16.1. The molecular weight excluding hydrogens is 485 g/mol. The molecule has 6 atom stereocenters. The molecule has 3 aliphatic carbocycles. The highest BCUT2D eigenvalue weighted by Crippen LogP contribution is 2.48. The van der Waals surface area contributed by atoms with Crippen molar-refractivity contribution in [2.24, 2.45) is 17.8 Å². The van der Waals surface area contributed by atoms with Crippen LogP contribution in [-0.4, -0.2) is 79.7 Å². The van der Waals surface area contributed by atoms with E-state index < -0.39 is 56.9 Å². The van der Waals surface area contributed by atoms with Crippen molar-refractivity contribution in [1.82, 2.24) is 13.3 Å². The zero-order chi connectivity index (χ0) is 24.3. The fourth-order valence-corrected chi connectivity index (χ4v) is 10.2. The minimum Gasteiger partial charge on any atom is -0.391 e. The minimum absolute atomic E-state index is 0.0388. The van der Waals surface area contributed by atoms with E-state index in [0.29, 0.717) is 45.2 Å². The van der Waals surface area contributed by atoms with Gasteiger partial charge < -0.3 is 5.11 Å². The van der Waals surface area contributed by atoms with E-state index in [1.54, 1.807) is 4.31 Å².